The molecule has 1 unspecified atom stereocenters. The third-order valence-electron chi connectivity index (χ3n) is 6.12. The first-order valence-electron chi connectivity index (χ1n) is 12.2. The van der Waals surface area contributed by atoms with Crippen LogP contribution in [0.15, 0.2) is 58.2 Å². The van der Waals surface area contributed by atoms with Gasteiger partial charge in [-0.2, -0.15) is 0 Å². The number of rotatable bonds is 11. The molecule has 0 fully saturated rings. The van der Waals surface area contributed by atoms with Gasteiger partial charge >= 0.3 is 6.03 Å². The van der Waals surface area contributed by atoms with E-state index >= 15 is 0 Å². The molecule has 0 radical (unpaired) electrons. The van der Waals surface area contributed by atoms with Crippen molar-refractivity contribution in [3.63, 3.8) is 0 Å². The number of fused-ring (bicyclic) bond motifs is 1. The Morgan fingerprint density at radius 1 is 1.06 bits per heavy atom. The molecule has 0 aliphatic carbocycles. The van der Waals surface area contributed by atoms with E-state index in [4.69, 9.17) is 4.98 Å². The molecular weight excluding hydrogens is 444 g/mol. The van der Waals surface area contributed by atoms with E-state index in [1.807, 2.05) is 73.5 Å². The Morgan fingerprint density at radius 3 is 2.44 bits per heavy atom. The maximum Gasteiger partial charge on any atom is 0.322 e. The van der Waals surface area contributed by atoms with Crippen LogP contribution in [-0.2, 0) is 6.54 Å². The number of aromatic nitrogens is 2. The van der Waals surface area contributed by atoms with Gasteiger partial charge in [-0.05, 0) is 62.4 Å². The summed E-state index contributed by atoms with van der Waals surface area (Å²) in [6.45, 7) is 7.29. The molecule has 0 aliphatic rings. The number of carbonyl (C=O) groups excluding carboxylic acids is 1. The minimum atomic E-state index is -0.302. The van der Waals surface area contributed by atoms with Crippen LogP contribution >= 0.6 is 11.8 Å². The van der Waals surface area contributed by atoms with Gasteiger partial charge in [0.2, 0.25) is 0 Å². The maximum absolute atomic E-state index is 13.5. The molecule has 1 aromatic heterocycles. The number of carbonyl (C=O) groups is 1. The first-order chi connectivity index (χ1) is 16.5. The smallest absolute Gasteiger partial charge is 0.314 e. The molecule has 2 aromatic carbocycles. The molecule has 0 saturated carbocycles. The van der Waals surface area contributed by atoms with Gasteiger partial charge in [0, 0.05) is 23.7 Å². The third-order valence-corrected chi connectivity index (χ3v) is 6.87. The van der Waals surface area contributed by atoms with Crippen LogP contribution in [-0.4, -0.2) is 33.3 Å². The second-order valence-electron chi connectivity index (χ2n) is 8.37. The Hall–Kier alpha value is -2.80. The van der Waals surface area contributed by atoms with Crippen LogP contribution in [0.4, 0.5) is 10.5 Å². The fraction of sp³-hybridized carbons (Fsp3) is 0.444. The number of unbranched alkanes of at least 4 members (excludes halogenated alkanes) is 3. The summed E-state index contributed by atoms with van der Waals surface area (Å²) in [6.07, 6.45) is 6.93. The molecule has 0 saturated heterocycles. The number of thioether (sulfide) groups is 1. The lowest BCUT2D eigenvalue weighted by atomic mass is 10.1. The minimum Gasteiger partial charge on any atom is -0.314 e. The van der Waals surface area contributed by atoms with E-state index in [9.17, 15) is 9.59 Å². The molecule has 3 aromatic rings. The fourth-order valence-electron chi connectivity index (χ4n) is 4.27. The quantitative estimate of drug-likeness (QED) is 0.245. The maximum atomic E-state index is 13.5. The molecule has 7 heteroatoms. The molecule has 34 heavy (non-hydrogen) atoms. The summed E-state index contributed by atoms with van der Waals surface area (Å²) in [4.78, 5) is 34.7. The van der Waals surface area contributed by atoms with E-state index in [2.05, 4.69) is 12.2 Å². The Labute approximate surface area is 206 Å². The molecule has 0 aliphatic heterocycles. The Balaban J connectivity index is 1.98. The summed E-state index contributed by atoms with van der Waals surface area (Å²) in [5, 5.41) is 3.68. The van der Waals surface area contributed by atoms with Crippen molar-refractivity contribution in [3.05, 3.63) is 64.7 Å². The van der Waals surface area contributed by atoms with Crippen LogP contribution in [0.25, 0.3) is 10.9 Å². The normalized spacial score (nSPS) is 12.0. The predicted molar refractivity (Wildman–Crippen MR) is 143 cm³/mol. The van der Waals surface area contributed by atoms with Gasteiger partial charge in [-0.3, -0.25) is 9.36 Å². The summed E-state index contributed by atoms with van der Waals surface area (Å²) in [5.41, 5.74) is 1.38. The van der Waals surface area contributed by atoms with Gasteiger partial charge in [-0.25, -0.2) is 9.78 Å². The van der Waals surface area contributed by atoms with Gasteiger partial charge in [0.05, 0.1) is 16.9 Å². The lowest BCUT2D eigenvalue weighted by molar-refractivity contribution is 0.178. The highest BCUT2D eigenvalue weighted by molar-refractivity contribution is 7.98. The zero-order valence-corrected chi connectivity index (χ0v) is 21.5. The highest BCUT2D eigenvalue weighted by Crippen LogP contribution is 2.26. The van der Waals surface area contributed by atoms with E-state index in [1.165, 1.54) is 0 Å². The number of amides is 2. The monoisotopic (exact) mass is 480 g/mol. The lowest BCUT2D eigenvalue weighted by Gasteiger charge is -2.32. The number of nitrogens with one attached hydrogen (secondary N) is 1. The predicted octanol–water partition coefficient (Wildman–Crippen LogP) is 6.70. The number of urea groups is 1. The van der Waals surface area contributed by atoms with Gasteiger partial charge in [0.1, 0.15) is 5.82 Å². The van der Waals surface area contributed by atoms with E-state index in [-0.39, 0.29) is 17.6 Å². The van der Waals surface area contributed by atoms with Crippen molar-refractivity contribution >= 4 is 34.4 Å². The Kier molecular flexibility index (Phi) is 9.57. The molecule has 6 nitrogen and oxygen atoms in total. The van der Waals surface area contributed by atoms with Crippen molar-refractivity contribution in [3.8, 4) is 0 Å². The van der Waals surface area contributed by atoms with Crippen LogP contribution in [0.5, 0.6) is 0 Å². The highest BCUT2D eigenvalue weighted by Gasteiger charge is 2.28. The van der Waals surface area contributed by atoms with Gasteiger partial charge in [0.25, 0.3) is 5.56 Å². The number of anilines is 1. The van der Waals surface area contributed by atoms with Gasteiger partial charge < -0.3 is 10.2 Å². The molecule has 1 heterocycles. The Morgan fingerprint density at radius 2 is 1.79 bits per heavy atom. The average Bonchev–Trinajstić information content (AvgIpc) is 2.86. The number of nitrogens with zero attached hydrogens (tertiary/aromatic N) is 3. The average molecular weight is 481 g/mol. The number of hydrogen-bond acceptors (Lipinski definition) is 4. The van der Waals surface area contributed by atoms with E-state index in [0.717, 1.165) is 36.3 Å². The van der Waals surface area contributed by atoms with Crippen molar-refractivity contribution < 1.29 is 4.79 Å². The summed E-state index contributed by atoms with van der Waals surface area (Å²) >= 11 is 1.67. The summed E-state index contributed by atoms with van der Waals surface area (Å²) < 4.78 is 1.72. The van der Waals surface area contributed by atoms with Gasteiger partial charge in [-0.1, -0.05) is 45.2 Å². The van der Waals surface area contributed by atoms with Crippen molar-refractivity contribution in [1.82, 2.24) is 14.5 Å². The van der Waals surface area contributed by atoms with E-state index in [0.29, 0.717) is 36.2 Å². The standard InChI is InChI=1S/C27H36N4O2S/c1-5-8-9-12-19-31(27(33)28-20-15-17-21(34-4)18-16-20)24(6-2)25-29-23-14-11-10-13-22(23)26(32)30(25)7-3/h10-11,13-18,24H,5-9,12,19H2,1-4H3,(H,28,33). The van der Waals surface area contributed by atoms with Gasteiger partial charge in [0.15, 0.2) is 0 Å². The molecule has 0 bridgehead atoms. The first kappa shape index (κ1) is 25.8. The van der Waals surface area contributed by atoms with E-state index in [1.54, 1.807) is 16.3 Å². The largest absolute Gasteiger partial charge is 0.322 e. The second kappa shape index (κ2) is 12.6. The summed E-state index contributed by atoms with van der Waals surface area (Å²) in [5.74, 6) is 0.650. The molecule has 1 atom stereocenters. The molecule has 1 N–H and O–H groups in total. The fourth-order valence-corrected chi connectivity index (χ4v) is 4.67. The van der Waals surface area contributed by atoms with Crippen molar-refractivity contribution in [1.29, 1.82) is 0 Å². The first-order valence-corrected chi connectivity index (χ1v) is 13.5. The molecule has 3 rings (SSSR count). The lowest BCUT2D eigenvalue weighted by Crippen LogP contribution is -2.41. The highest BCUT2D eigenvalue weighted by atomic mass is 32.2. The topological polar surface area (TPSA) is 67.2 Å². The van der Waals surface area contributed by atoms with Crippen LogP contribution < -0.4 is 10.9 Å². The minimum absolute atomic E-state index is 0.0551. The third kappa shape index (κ3) is 6.00. The van der Waals surface area contributed by atoms with E-state index < -0.39 is 0 Å². The SMILES string of the molecule is CCCCCCN(C(=O)Nc1ccc(SC)cc1)C(CC)c1nc2ccccc2c(=O)n1CC. The van der Waals surface area contributed by atoms with Crippen LogP contribution in [0.2, 0.25) is 0 Å². The molecule has 0 spiro atoms. The summed E-state index contributed by atoms with van der Waals surface area (Å²) in [6, 6.07) is 14.8. The van der Waals surface area contributed by atoms with Crippen molar-refractivity contribution in [2.24, 2.45) is 0 Å². The number of para-hydroxylation sites is 1. The molecule has 182 valence electrons. The zero-order chi connectivity index (χ0) is 24.5. The Bertz CT molecular complexity index is 1140. The van der Waals surface area contributed by atoms with Gasteiger partial charge in [-0.15, -0.1) is 11.8 Å². The zero-order valence-electron chi connectivity index (χ0n) is 20.7. The molecule has 2 amide bonds. The van der Waals surface area contributed by atoms with Crippen molar-refractivity contribution in [2.45, 2.75) is 70.4 Å². The second-order valence-corrected chi connectivity index (χ2v) is 9.25. The van der Waals surface area contributed by atoms with Crippen molar-refractivity contribution in [2.75, 3.05) is 18.1 Å². The van der Waals surface area contributed by atoms with Crippen LogP contribution in [0, 0.1) is 0 Å². The number of hydrogen-bond donors (Lipinski definition) is 1. The van der Waals surface area contributed by atoms with Crippen LogP contribution in [0.1, 0.15) is 64.7 Å². The van der Waals surface area contributed by atoms with Crippen LogP contribution in [0.3, 0.4) is 0 Å². The summed E-state index contributed by atoms with van der Waals surface area (Å²) in [7, 11) is 0. The number of benzene rings is 2. The molecular formula is C27H36N4O2S.